The molecular weight excluding hydrogens is 719 g/mol. The lowest BCUT2D eigenvalue weighted by Gasteiger charge is -2.12. The van der Waals surface area contributed by atoms with E-state index >= 15 is 0 Å². The highest BCUT2D eigenvalue weighted by Gasteiger charge is 2.18. The highest BCUT2D eigenvalue weighted by Crippen LogP contribution is 2.41. The molecule has 0 saturated carbocycles. The lowest BCUT2D eigenvalue weighted by molar-refractivity contribution is 0.669. The average molecular weight is 754 g/mol. The normalized spacial score (nSPS) is 11.4. The van der Waals surface area contributed by atoms with E-state index in [1.54, 1.807) is 0 Å². The van der Waals surface area contributed by atoms with Crippen LogP contribution in [0.4, 0.5) is 0 Å². The second-order valence-corrected chi connectivity index (χ2v) is 14.8. The smallest absolute Gasteiger partial charge is 0.164 e. The van der Waals surface area contributed by atoms with Crippen molar-refractivity contribution in [1.82, 2.24) is 15.0 Å². The van der Waals surface area contributed by atoms with E-state index < -0.39 is 0 Å². The quantitative estimate of drug-likeness (QED) is 0.163. The van der Waals surface area contributed by atoms with Crippen LogP contribution in [-0.4, -0.2) is 15.0 Å². The molecule has 59 heavy (non-hydrogen) atoms. The highest BCUT2D eigenvalue weighted by atomic mass is 16.3. The molecule has 0 spiro atoms. The van der Waals surface area contributed by atoms with Crippen LogP contribution in [0, 0.1) is 0 Å². The molecule has 2 aromatic heterocycles. The molecule has 0 amide bonds. The van der Waals surface area contributed by atoms with Crippen molar-refractivity contribution in [3.63, 3.8) is 0 Å². The maximum Gasteiger partial charge on any atom is 0.164 e. The third kappa shape index (κ3) is 6.53. The van der Waals surface area contributed by atoms with Crippen molar-refractivity contribution < 1.29 is 4.42 Å². The van der Waals surface area contributed by atoms with Crippen LogP contribution in [0.1, 0.15) is 0 Å². The van der Waals surface area contributed by atoms with Gasteiger partial charge in [-0.1, -0.05) is 164 Å². The first kappa shape index (κ1) is 34.3. The molecular formula is C55H35N3O. The van der Waals surface area contributed by atoms with E-state index in [2.05, 4.69) is 176 Å². The molecule has 11 aromatic rings. The van der Waals surface area contributed by atoms with Gasteiger partial charge in [0.2, 0.25) is 0 Å². The molecule has 0 radical (unpaired) electrons. The van der Waals surface area contributed by atoms with Gasteiger partial charge >= 0.3 is 0 Å². The number of furan rings is 1. The van der Waals surface area contributed by atoms with E-state index in [4.69, 9.17) is 19.4 Å². The summed E-state index contributed by atoms with van der Waals surface area (Å²) in [6, 6.07) is 74.2. The van der Waals surface area contributed by atoms with Crippen molar-refractivity contribution in [2.75, 3.05) is 0 Å². The third-order valence-electron chi connectivity index (χ3n) is 11.1. The van der Waals surface area contributed by atoms with E-state index in [-0.39, 0.29) is 0 Å². The summed E-state index contributed by atoms with van der Waals surface area (Å²) in [4.78, 5) is 15.2. The van der Waals surface area contributed by atoms with Gasteiger partial charge in [0.25, 0.3) is 0 Å². The second-order valence-electron chi connectivity index (χ2n) is 14.8. The van der Waals surface area contributed by atoms with Crippen LogP contribution in [-0.2, 0) is 0 Å². The summed E-state index contributed by atoms with van der Waals surface area (Å²) in [7, 11) is 0. The minimum Gasteiger partial charge on any atom is -0.456 e. The number of hydrogen-bond acceptors (Lipinski definition) is 4. The molecule has 0 aliphatic carbocycles. The predicted molar refractivity (Wildman–Crippen MR) is 243 cm³/mol. The average Bonchev–Trinajstić information content (AvgIpc) is 3.70. The Morgan fingerprint density at radius 2 is 0.729 bits per heavy atom. The first-order valence-electron chi connectivity index (χ1n) is 19.8. The predicted octanol–water partition coefficient (Wildman–Crippen LogP) is 14.6. The van der Waals surface area contributed by atoms with Crippen molar-refractivity contribution in [3.8, 4) is 78.7 Å². The van der Waals surface area contributed by atoms with Crippen LogP contribution in [0.25, 0.3) is 111 Å². The SMILES string of the molecule is c1ccc(-c2cc(-c3ccccc3)cc(-c3cccc4oc5cc(-c6nc(-c7ccccc7)nc(-c7ccc8cc(-c9ccccc9)ccc8c7)n6)ccc5c34)c2)cc1. The van der Waals surface area contributed by atoms with Crippen molar-refractivity contribution >= 4 is 32.7 Å². The Balaban J connectivity index is 1.03. The van der Waals surface area contributed by atoms with E-state index in [1.807, 2.05) is 36.4 Å². The number of aromatic nitrogens is 3. The minimum absolute atomic E-state index is 0.582. The van der Waals surface area contributed by atoms with Gasteiger partial charge in [-0.25, -0.2) is 15.0 Å². The second kappa shape index (κ2) is 14.5. The van der Waals surface area contributed by atoms with E-state index in [1.165, 1.54) is 22.3 Å². The van der Waals surface area contributed by atoms with Crippen molar-refractivity contribution in [1.29, 1.82) is 0 Å². The van der Waals surface area contributed by atoms with Gasteiger partial charge in [0.05, 0.1) is 0 Å². The van der Waals surface area contributed by atoms with Crippen LogP contribution < -0.4 is 0 Å². The summed E-state index contributed by atoms with van der Waals surface area (Å²) in [6.07, 6.45) is 0. The summed E-state index contributed by atoms with van der Waals surface area (Å²) in [5.74, 6) is 1.81. The van der Waals surface area contributed by atoms with Gasteiger partial charge in [-0.15, -0.1) is 0 Å². The molecule has 0 fully saturated rings. The Kier molecular flexibility index (Phi) is 8.45. The molecule has 4 nitrogen and oxygen atoms in total. The third-order valence-corrected chi connectivity index (χ3v) is 11.1. The van der Waals surface area contributed by atoms with Gasteiger partial charge in [-0.3, -0.25) is 0 Å². The molecule has 0 aliphatic heterocycles. The van der Waals surface area contributed by atoms with Crippen LogP contribution in [0.2, 0.25) is 0 Å². The summed E-state index contributed by atoms with van der Waals surface area (Å²) in [6.45, 7) is 0. The molecule has 0 unspecified atom stereocenters. The maximum atomic E-state index is 6.65. The molecule has 0 N–H and O–H groups in total. The fraction of sp³-hybridized carbons (Fsp3) is 0. The monoisotopic (exact) mass is 753 g/mol. The van der Waals surface area contributed by atoms with Gasteiger partial charge < -0.3 is 4.42 Å². The first-order valence-corrected chi connectivity index (χ1v) is 19.8. The molecule has 276 valence electrons. The molecule has 0 saturated heterocycles. The van der Waals surface area contributed by atoms with Crippen LogP contribution >= 0.6 is 0 Å². The first-order chi connectivity index (χ1) is 29.2. The zero-order chi connectivity index (χ0) is 39.1. The van der Waals surface area contributed by atoms with Crippen molar-refractivity contribution in [3.05, 3.63) is 212 Å². The minimum atomic E-state index is 0.582. The number of fused-ring (bicyclic) bond motifs is 4. The Hall–Kier alpha value is -7.95. The molecule has 0 aliphatic rings. The number of rotatable bonds is 7. The van der Waals surface area contributed by atoms with Crippen molar-refractivity contribution in [2.45, 2.75) is 0 Å². The molecule has 9 aromatic carbocycles. The molecule has 0 atom stereocenters. The maximum absolute atomic E-state index is 6.65. The zero-order valence-corrected chi connectivity index (χ0v) is 32.0. The van der Waals surface area contributed by atoms with Gasteiger partial charge in [0.15, 0.2) is 17.5 Å². The van der Waals surface area contributed by atoms with E-state index in [9.17, 15) is 0 Å². The topological polar surface area (TPSA) is 51.8 Å². The number of hydrogen-bond donors (Lipinski definition) is 0. The summed E-state index contributed by atoms with van der Waals surface area (Å²) in [5, 5.41) is 4.39. The summed E-state index contributed by atoms with van der Waals surface area (Å²) < 4.78 is 6.65. The van der Waals surface area contributed by atoms with Gasteiger partial charge in [0.1, 0.15) is 11.2 Å². The Morgan fingerprint density at radius 1 is 0.271 bits per heavy atom. The Morgan fingerprint density at radius 3 is 1.32 bits per heavy atom. The van der Waals surface area contributed by atoms with Crippen LogP contribution in [0.3, 0.4) is 0 Å². The van der Waals surface area contributed by atoms with E-state index in [0.717, 1.165) is 71.7 Å². The van der Waals surface area contributed by atoms with Crippen LogP contribution in [0.5, 0.6) is 0 Å². The Bertz CT molecular complexity index is 3250. The molecule has 0 bridgehead atoms. The van der Waals surface area contributed by atoms with Gasteiger partial charge in [0, 0.05) is 27.5 Å². The molecule has 2 heterocycles. The number of nitrogens with zero attached hydrogens (tertiary/aromatic N) is 3. The number of benzene rings is 9. The summed E-state index contributed by atoms with van der Waals surface area (Å²) >= 11 is 0. The van der Waals surface area contributed by atoms with Crippen LogP contribution in [0.15, 0.2) is 217 Å². The fourth-order valence-electron chi connectivity index (χ4n) is 8.13. The fourth-order valence-corrected chi connectivity index (χ4v) is 8.13. The standard InChI is InChI=1S/C55H35N3O/c1-5-14-36(15-6-1)40-24-25-42-31-43(27-26-41(42)30-40)54-56-53(39-20-11-4-12-21-39)57-55(58-54)44-28-29-49-51(35-44)59-50-23-13-22-48(52(49)50)47-33-45(37-16-7-2-8-17-37)32-46(34-47)38-18-9-3-10-19-38/h1-35H. The van der Waals surface area contributed by atoms with Gasteiger partial charge in [-0.05, 0) is 104 Å². The van der Waals surface area contributed by atoms with Gasteiger partial charge in [-0.2, -0.15) is 0 Å². The van der Waals surface area contributed by atoms with Crippen molar-refractivity contribution in [2.24, 2.45) is 0 Å². The highest BCUT2D eigenvalue weighted by molar-refractivity contribution is 6.13. The molecule has 4 heteroatoms. The molecule has 11 rings (SSSR count). The van der Waals surface area contributed by atoms with E-state index in [0.29, 0.717) is 17.5 Å². The largest absolute Gasteiger partial charge is 0.456 e. The Labute approximate surface area is 341 Å². The summed E-state index contributed by atoms with van der Waals surface area (Å²) in [5.41, 5.74) is 13.6. The lowest BCUT2D eigenvalue weighted by atomic mass is 9.91. The zero-order valence-electron chi connectivity index (χ0n) is 32.0. The lowest BCUT2D eigenvalue weighted by Crippen LogP contribution is -2.00.